The summed E-state index contributed by atoms with van der Waals surface area (Å²) in [6.45, 7) is 0. The van der Waals surface area contributed by atoms with Gasteiger partial charge in [0.15, 0.2) is 9.84 Å². The first kappa shape index (κ1) is 15.5. The summed E-state index contributed by atoms with van der Waals surface area (Å²) in [6.07, 6.45) is 1.02. The van der Waals surface area contributed by atoms with Gasteiger partial charge in [0.05, 0.1) is 21.2 Å². The molecule has 0 atom stereocenters. The van der Waals surface area contributed by atoms with E-state index in [1.54, 1.807) is 6.07 Å². The van der Waals surface area contributed by atoms with Crippen molar-refractivity contribution >= 4 is 33.0 Å². The van der Waals surface area contributed by atoms with E-state index in [-0.39, 0.29) is 21.2 Å². The van der Waals surface area contributed by atoms with Gasteiger partial charge in [0.2, 0.25) is 0 Å². The second-order valence-electron chi connectivity index (χ2n) is 4.35. The number of hydrogen-bond donors (Lipinski definition) is 1. The molecule has 4 nitrogen and oxygen atoms in total. The van der Waals surface area contributed by atoms with E-state index >= 15 is 0 Å². The molecule has 1 amide bonds. The monoisotopic (exact) mass is 327 g/mol. The van der Waals surface area contributed by atoms with Gasteiger partial charge in [-0.25, -0.2) is 12.8 Å². The standard InChI is InChI=1S/C14H11ClFNO3S/c1-21(19,20)13-5-3-2-4-10(13)14(18)17-12-7-6-9(16)8-11(12)15/h2-8H,1H3,(H,17,18). The molecule has 7 heteroatoms. The zero-order valence-corrected chi connectivity index (χ0v) is 12.5. The van der Waals surface area contributed by atoms with E-state index in [1.165, 1.54) is 24.3 Å². The van der Waals surface area contributed by atoms with Crippen LogP contribution >= 0.6 is 11.6 Å². The van der Waals surface area contributed by atoms with Crippen LogP contribution in [0.2, 0.25) is 5.02 Å². The molecule has 0 saturated carbocycles. The maximum absolute atomic E-state index is 13.0. The first-order valence-corrected chi connectivity index (χ1v) is 8.11. The quantitative estimate of drug-likeness (QED) is 0.942. The second-order valence-corrected chi connectivity index (χ2v) is 6.74. The number of benzene rings is 2. The average molecular weight is 328 g/mol. The van der Waals surface area contributed by atoms with Gasteiger partial charge < -0.3 is 5.32 Å². The van der Waals surface area contributed by atoms with Crippen molar-refractivity contribution in [2.45, 2.75) is 4.90 Å². The van der Waals surface area contributed by atoms with Crippen molar-refractivity contribution in [3.63, 3.8) is 0 Å². The number of amides is 1. The van der Waals surface area contributed by atoms with Crippen molar-refractivity contribution in [1.82, 2.24) is 0 Å². The summed E-state index contributed by atoms with van der Waals surface area (Å²) >= 11 is 5.82. The minimum Gasteiger partial charge on any atom is -0.321 e. The lowest BCUT2D eigenvalue weighted by Crippen LogP contribution is -2.16. The Balaban J connectivity index is 2.38. The van der Waals surface area contributed by atoms with Crippen LogP contribution < -0.4 is 5.32 Å². The van der Waals surface area contributed by atoms with Crippen LogP contribution in [0.15, 0.2) is 47.4 Å². The van der Waals surface area contributed by atoms with E-state index in [2.05, 4.69) is 5.32 Å². The largest absolute Gasteiger partial charge is 0.321 e. The molecule has 0 unspecified atom stereocenters. The Hall–Kier alpha value is -1.92. The highest BCUT2D eigenvalue weighted by Crippen LogP contribution is 2.24. The van der Waals surface area contributed by atoms with Crippen LogP contribution in [-0.2, 0) is 9.84 Å². The minimum atomic E-state index is -3.54. The highest BCUT2D eigenvalue weighted by molar-refractivity contribution is 7.90. The lowest BCUT2D eigenvalue weighted by Gasteiger charge is -2.10. The topological polar surface area (TPSA) is 63.2 Å². The zero-order chi connectivity index (χ0) is 15.6. The summed E-state index contributed by atoms with van der Waals surface area (Å²) in [7, 11) is -3.54. The first-order chi connectivity index (χ1) is 9.79. The molecule has 0 aliphatic rings. The van der Waals surface area contributed by atoms with Crippen molar-refractivity contribution in [3.8, 4) is 0 Å². The molecule has 0 radical (unpaired) electrons. The van der Waals surface area contributed by atoms with E-state index in [0.29, 0.717) is 0 Å². The Kier molecular flexibility index (Phi) is 4.29. The Morgan fingerprint density at radius 2 is 1.86 bits per heavy atom. The lowest BCUT2D eigenvalue weighted by atomic mass is 10.2. The number of nitrogens with one attached hydrogen (secondary N) is 1. The summed E-state index contributed by atoms with van der Waals surface area (Å²) in [5.41, 5.74) is 0.201. The molecule has 2 aromatic carbocycles. The van der Waals surface area contributed by atoms with Crippen molar-refractivity contribution in [2.75, 3.05) is 11.6 Å². The molecule has 2 aromatic rings. The minimum absolute atomic E-state index is 0.000363. The predicted octanol–water partition coefficient (Wildman–Crippen LogP) is 3.13. The number of carbonyl (C=O) groups excluding carboxylic acids is 1. The molecule has 0 fully saturated rings. The zero-order valence-electron chi connectivity index (χ0n) is 10.9. The number of carbonyl (C=O) groups is 1. The summed E-state index contributed by atoms with van der Waals surface area (Å²) in [5.74, 6) is -1.17. The third-order valence-corrected chi connectivity index (χ3v) is 4.18. The van der Waals surface area contributed by atoms with Crippen LogP contribution in [0.1, 0.15) is 10.4 Å². The van der Waals surface area contributed by atoms with Crippen molar-refractivity contribution < 1.29 is 17.6 Å². The number of anilines is 1. The summed E-state index contributed by atoms with van der Waals surface area (Å²) in [5, 5.41) is 2.49. The Morgan fingerprint density at radius 3 is 2.48 bits per heavy atom. The third-order valence-electron chi connectivity index (χ3n) is 2.71. The molecule has 0 saturated heterocycles. The molecule has 0 heterocycles. The molecular weight excluding hydrogens is 317 g/mol. The van der Waals surface area contributed by atoms with E-state index in [0.717, 1.165) is 18.4 Å². The maximum Gasteiger partial charge on any atom is 0.257 e. The Labute approximate surface area is 126 Å². The summed E-state index contributed by atoms with van der Waals surface area (Å²) in [6, 6.07) is 9.32. The van der Waals surface area contributed by atoms with Gasteiger partial charge in [0, 0.05) is 6.26 Å². The van der Waals surface area contributed by atoms with E-state index in [9.17, 15) is 17.6 Å². The molecule has 0 bridgehead atoms. The van der Waals surface area contributed by atoms with Crippen LogP contribution in [0, 0.1) is 5.82 Å². The smallest absolute Gasteiger partial charge is 0.257 e. The predicted molar refractivity (Wildman–Crippen MR) is 78.9 cm³/mol. The lowest BCUT2D eigenvalue weighted by molar-refractivity contribution is 0.102. The molecule has 21 heavy (non-hydrogen) atoms. The van der Waals surface area contributed by atoms with Crippen molar-refractivity contribution in [2.24, 2.45) is 0 Å². The third kappa shape index (κ3) is 3.59. The molecule has 0 spiro atoms. The van der Waals surface area contributed by atoms with E-state index < -0.39 is 21.6 Å². The average Bonchev–Trinajstić information content (AvgIpc) is 2.41. The second kappa shape index (κ2) is 5.83. The van der Waals surface area contributed by atoms with Crippen LogP contribution in [0.5, 0.6) is 0 Å². The maximum atomic E-state index is 13.0. The molecule has 1 N–H and O–H groups in total. The van der Waals surface area contributed by atoms with Crippen molar-refractivity contribution in [1.29, 1.82) is 0 Å². The van der Waals surface area contributed by atoms with Gasteiger partial charge in [0.25, 0.3) is 5.91 Å². The van der Waals surface area contributed by atoms with E-state index in [4.69, 9.17) is 11.6 Å². The number of hydrogen-bond acceptors (Lipinski definition) is 3. The number of halogens is 2. The Morgan fingerprint density at radius 1 is 1.19 bits per heavy atom. The number of sulfone groups is 1. The fourth-order valence-corrected chi connectivity index (χ4v) is 2.86. The first-order valence-electron chi connectivity index (χ1n) is 5.84. The van der Waals surface area contributed by atoms with Gasteiger partial charge in [-0.3, -0.25) is 4.79 Å². The normalized spacial score (nSPS) is 11.2. The van der Waals surface area contributed by atoms with Gasteiger partial charge >= 0.3 is 0 Å². The van der Waals surface area contributed by atoms with E-state index in [1.807, 2.05) is 0 Å². The Bertz CT molecular complexity index is 806. The van der Waals surface area contributed by atoms with Gasteiger partial charge in [-0.15, -0.1) is 0 Å². The summed E-state index contributed by atoms with van der Waals surface area (Å²) in [4.78, 5) is 12.1. The fourth-order valence-electron chi connectivity index (χ4n) is 1.76. The van der Waals surface area contributed by atoms with Crippen LogP contribution in [0.3, 0.4) is 0 Å². The molecule has 0 aliphatic heterocycles. The highest BCUT2D eigenvalue weighted by atomic mass is 35.5. The number of rotatable bonds is 3. The molecule has 110 valence electrons. The van der Waals surface area contributed by atoms with Crippen molar-refractivity contribution in [3.05, 3.63) is 58.9 Å². The van der Waals surface area contributed by atoms with Crippen LogP contribution in [0.4, 0.5) is 10.1 Å². The van der Waals surface area contributed by atoms with Gasteiger partial charge in [-0.1, -0.05) is 23.7 Å². The molecule has 0 aliphatic carbocycles. The molecule has 2 rings (SSSR count). The van der Waals surface area contributed by atoms with Crippen LogP contribution in [-0.4, -0.2) is 20.6 Å². The van der Waals surface area contributed by atoms with Gasteiger partial charge in [-0.05, 0) is 30.3 Å². The van der Waals surface area contributed by atoms with Gasteiger partial charge in [-0.2, -0.15) is 0 Å². The SMILES string of the molecule is CS(=O)(=O)c1ccccc1C(=O)Nc1ccc(F)cc1Cl. The molecular formula is C14H11ClFNO3S. The fraction of sp³-hybridized carbons (Fsp3) is 0.0714. The van der Waals surface area contributed by atoms with Gasteiger partial charge in [0.1, 0.15) is 5.82 Å². The molecule has 0 aromatic heterocycles. The highest BCUT2D eigenvalue weighted by Gasteiger charge is 2.18. The van der Waals surface area contributed by atoms with Crippen LogP contribution in [0.25, 0.3) is 0 Å². The summed E-state index contributed by atoms with van der Waals surface area (Å²) < 4.78 is 36.3.